The zero-order valence-corrected chi connectivity index (χ0v) is 55.6. The Morgan fingerprint density at radius 2 is 0.887 bits per heavy atom. The van der Waals surface area contributed by atoms with Gasteiger partial charge in [0.15, 0.2) is 16.5 Å². The van der Waals surface area contributed by atoms with E-state index in [1.165, 1.54) is 27.8 Å². The summed E-state index contributed by atoms with van der Waals surface area (Å²) in [5.41, 5.74) is 23.0. The second-order valence-corrected chi connectivity index (χ2v) is 25.1. The third kappa shape index (κ3) is 15.5. The lowest BCUT2D eigenvalue weighted by atomic mass is 10.1. The fourth-order valence-electron chi connectivity index (χ4n) is 12.7. The van der Waals surface area contributed by atoms with Gasteiger partial charge in [0.1, 0.15) is 6.17 Å². The number of guanidine groups is 1. The molecule has 3 aliphatic heterocycles. The Kier molecular flexibility index (Phi) is 19.7. The Bertz CT molecular complexity index is 5080. The van der Waals surface area contributed by atoms with Crippen molar-refractivity contribution in [3.63, 3.8) is 0 Å². The number of nitrogens with one attached hydrogen (secondary N) is 3. The van der Waals surface area contributed by atoms with Crippen LogP contribution in [0.25, 0.3) is 51.0 Å². The maximum Gasteiger partial charge on any atom is 0.216 e. The molecule has 3 aliphatic rings. The predicted molar refractivity (Wildman–Crippen MR) is 389 cm³/mol. The minimum absolute atomic E-state index is 0.171. The van der Waals surface area contributed by atoms with Gasteiger partial charge >= 0.3 is 0 Å². The normalized spacial score (nSPS) is 13.7. The summed E-state index contributed by atoms with van der Waals surface area (Å²) >= 11 is 12.3. The molecule has 0 radical (unpaired) electrons. The summed E-state index contributed by atoms with van der Waals surface area (Å²) in [6, 6.07) is 79.1. The highest BCUT2D eigenvalue weighted by molar-refractivity contribution is 6.34. The van der Waals surface area contributed by atoms with Crippen molar-refractivity contribution in [2.24, 2.45) is 10.7 Å². The zero-order valence-electron chi connectivity index (χ0n) is 54.0. The highest BCUT2D eigenvalue weighted by Crippen LogP contribution is 2.30. The second-order valence-electron chi connectivity index (χ2n) is 24.2. The van der Waals surface area contributed by atoms with E-state index < -0.39 is 0 Å². The Balaban J connectivity index is 0.000000117. The van der Waals surface area contributed by atoms with Crippen LogP contribution in [0, 0.1) is 30.1 Å². The minimum Gasteiger partial charge on any atom is -0.336 e. The van der Waals surface area contributed by atoms with Crippen LogP contribution in [0.5, 0.6) is 0 Å². The van der Waals surface area contributed by atoms with Gasteiger partial charge in [-0.05, 0) is 83.5 Å². The summed E-state index contributed by atoms with van der Waals surface area (Å²) in [5, 5.41) is 25.5. The number of benzene rings is 8. The van der Waals surface area contributed by atoms with E-state index in [4.69, 9.17) is 50.2 Å². The smallest absolute Gasteiger partial charge is 0.216 e. The molecule has 0 spiro atoms. The number of anilines is 1. The van der Waals surface area contributed by atoms with E-state index in [0.717, 1.165) is 126 Å². The quantitative estimate of drug-likeness (QED) is 0.0886. The Morgan fingerprint density at radius 3 is 1.45 bits per heavy atom. The summed E-state index contributed by atoms with van der Waals surface area (Å²) in [6.45, 7) is 10.9. The molecule has 8 aromatic carbocycles. The van der Waals surface area contributed by atoms with Gasteiger partial charge in [-0.2, -0.15) is 15.0 Å². The first-order valence-electron chi connectivity index (χ1n) is 32.4. The standard InChI is InChI=1S/C21H22N4.C20H18N4.C19H18Cl2N4.C19H16N4/c1-15-10-16(2)12-17(11-15)14-24-8-9-25-19(13-20(22)23-21(24)25)18-6-4-3-5-7-18;21-19-15-18(17-9-5-2-6-10-17)24-14-13-23(20(24)22-19)12-11-16-7-3-1-4-8-16;20-15-8-13(9-16(21)10-15)12-24-6-7-25-18(22)11-17(23-19(24)25)14-4-2-1-3-5-14;20-18-13-17(16-9-5-2-6-10-16)23-12-11-22(19(23)21-18)14-15-7-3-1-4-8-15/h3-7,10-13,22H,8-9,14H2,1-2H3;1-10,13-15,21H,11-12H2;1-5,8-11,18H,6-7,12,22H2;1-13,20H,14H2. The van der Waals surface area contributed by atoms with E-state index in [0.29, 0.717) is 22.1 Å². The highest BCUT2D eigenvalue weighted by Gasteiger charge is 2.33. The predicted octanol–water partition coefficient (Wildman–Crippen LogP) is 14.3. The van der Waals surface area contributed by atoms with Crippen molar-refractivity contribution < 1.29 is 0 Å². The number of hydrogen-bond acceptors (Lipinski definition) is 11. The van der Waals surface area contributed by atoms with Crippen LogP contribution >= 0.6 is 23.2 Å². The van der Waals surface area contributed by atoms with Gasteiger partial charge in [-0.25, -0.2) is 4.99 Å². The van der Waals surface area contributed by atoms with E-state index in [-0.39, 0.29) is 17.1 Å². The molecular formula is C79H74Cl2N16. The van der Waals surface area contributed by atoms with Gasteiger partial charge in [0, 0.05) is 104 Å². The molecule has 0 aliphatic carbocycles. The van der Waals surface area contributed by atoms with Crippen molar-refractivity contribution in [1.82, 2.24) is 47.3 Å². The Morgan fingerprint density at radius 1 is 0.433 bits per heavy atom. The molecule has 8 heterocycles. The Labute approximate surface area is 573 Å². The molecule has 1 fully saturated rings. The largest absolute Gasteiger partial charge is 0.336 e. The van der Waals surface area contributed by atoms with Gasteiger partial charge in [-0.3, -0.25) is 25.0 Å². The first-order valence-corrected chi connectivity index (χ1v) is 33.1. The summed E-state index contributed by atoms with van der Waals surface area (Å²) in [6.07, 6.45) is 10.9. The fraction of sp³-hybridized carbons (Fsp3) is 0.152. The minimum atomic E-state index is -0.171. The maximum atomic E-state index is 8.14. The zero-order chi connectivity index (χ0) is 66.8. The van der Waals surface area contributed by atoms with Crippen LogP contribution in [0.2, 0.25) is 10.0 Å². The third-order valence-corrected chi connectivity index (χ3v) is 17.6. The van der Waals surface area contributed by atoms with Gasteiger partial charge < -0.3 is 34.1 Å². The molecule has 97 heavy (non-hydrogen) atoms. The molecule has 5 N–H and O–H groups in total. The van der Waals surface area contributed by atoms with Crippen molar-refractivity contribution in [3.8, 4) is 33.8 Å². The molecule has 13 aromatic rings. The number of nitrogens with two attached hydrogens (primary N) is 1. The molecular weight excluding hydrogens is 1240 g/mol. The summed E-state index contributed by atoms with van der Waals surface area (Å²) in [5.74, 6) is 3.38. The molecule has 18 heteroatoms. The van der Waals surface area contributed by atoms with Gasteiger partial charge in [0.2, 0.25) is 23.5 Å². The molecule has 1 unspecified atom stereocenters. The van der Waals surface area contributed by atoms with Crippen LogP contribution in [-0.4, -0.2) is 79.0 Å². The molecule has 1 saturated heterocycles. The fourth-order valence-corrected chi connectivity index (χ4v) is 13.3. The average molecular weight is 1320 g/mol. The number of halogens is 2. The van der Waals surface area contributed by atoms with Crippen LogP contribution < -0.4 is 27.1 Å². The lowest BCUT2D eigenvalue weighted by Crippen LogP contribution is -2.46. The van der Waals surface area contributed by atoms with E-state index >= 15 is 0 Å². The molecule has 5 aromatic heterocycles. The number of fused-ring (bicyclic) bond motifs is 4. The number of aromatic nitrogens is 8. The first-order chi connectivity index (χ1) is 47.3. The van der Waals surface area contributed by atoms with E-state index in [9.17, 15) is 0 Å². The van der Waals surface area contributed by atoms with Crippen LogP contribution in [-0.2, 0) is 39.1 Å². The van der Waals surface area contributed by atoms with Crippen molar-refractivity contribution in [3.05, 3.63) is 333 Å². The van der Waals surface area contributed by atoms with Crippen LogP contribution in [0.4, 0.5) is 5.95 Å². The lowest BCUT2D eigenvalue weighted by molar-refractivity contribution is 0.396. The van der Waals surface area contributed by atoms with Crippen molar-refractivity contribution in [2.45, 2.75) is 59.2 Å². The van der Waals surface area contributed by atoms with Crippen molar-refractivity contribution in [1.29, 1.82) is 16.2 Å². The van der Waals surface area contributed by atoms with Gasteiger partial charge in [-0.1, -0.05) is 235 Å². The van der Waals surface area contributed by atoms with E-state index in [2.05, 4.69) is 153 Å². The molecule has 16 rings (SSSR count). The van der Waals surface area contributed by atoms with Gasteiger partial charge in [0.25, 0.3) is 0 Å². The highest BCUT2D eigenvalue weighted by atomic mass is 35.5. The van der Waals surface area contributed by atoms with Crippen LogP contribution in [0.3, 0.4) is 0 Å². The number of hydrogen-bond donors (Lipinski definition) is 4. The van der Waals surface area contributed by atoms with Gasteiger partial charge in [0.05, 0.1) is 29.3 Å². The topological polar surface area (TPSA) is 182 Å². The molecule has 1 atom stereocenters. The molecule has 484 valence electrons. The van der Waals surface area contributed by atoms with Gasteiger partial charge in [-0.15, -0.1) is 0 Å². The SMILES string of the molecule is Cc1cc(C)cc(CN2CCn3c(-c4ccccc4)cc(=N)nc32)c1.N=c1cc(-c2ccccc2)n2ccn(CCc3ccccc3)c2n1.N=c1cc(-c2ccccc2)n2ccn(Cc3ccccc3)c2n1.NC1C=C(c2ccccc2)N=C2N(Cc3cc(Cl)cc(Cl)c3)CCN21. The number of imidazole rings is 2. The molecule has 0 saturated carbocycles. The number of nitrogens with zero attached hydrogens (tertiary/aromatic N) is 12. The van der Waals surface area contributed by atoms with Crippen molar-refractivity contribution >= 4 is 52.4 Å². The molecule has 0 amide bonds. The van der Waals surface area contributed by atoms with Crippen LogP contribution in [0.15, 0.2) is 272 Å². The molecule has 16 nitrogen and oxygen atoms in total. The summed E-state index contributed by atoms with van der Waals surface area (Å²) in [7, 11) is 0. The summed E-state index contributed by atoms with van der Waals surface area (Å²) in [4.78, 5) is 24.8. The monoisotopic (exact) mass is 1320 g/mol. The number of aliphatic imine (C=N–C) groups is 1. The number of aryl methyl sites for hydroxylation is 4. The van der Waals surface area contributed by atoms with E-state index in [1.54, 1.807) is 12.1 Å². The maximum absolute atomic E-state index is 8.14. The second kappa shape index (κ2) is 29.6. The summed E-state index contributed by atoms with van der Waals surface area (Å²) < 4.78 is 10.5. The third-order valence-electron chi connectivity index (χ3n) is 17.1. The van der Waals surface area contributed by atoms with Crippen LogP contribution in [0.1, 0.15) is 38.9 Å². The average Bonchev–Trinajstić information content (AvgIpc) is 1.73. The number of rotatable bonds is 13. The van der Waals surface area contributed by atoms with Crippen molar-refractivity contribution in [2.75, 3.05) is 24.5 Å². The van der Waals surface area contributed by atoms with E-state index in [1.807, 2.05) is 169 Å². The first kappa shape index (κ1) is 64.5. The molecule has 0 bridgehead atoms. The lowest BCUT2D eigenvalue weighted by Gasteiger charge is -2.30. The Hall–Kier alpha value is -11.2.